The van der Waals surface area contributed by atoms with Gasteiger partial charge in [0, 0.05) is 19.0 Å². The highest BCUT2D eigenvalue weighted by atomic mass is 35.5. The van der Waals surface area contributed by atoms with E-state index in [0.29, 0.717) is 23.7 Å². The summed E-state index contributed by atoms with van der Waals surface area (Å²) in [5.41, 5.74) is 3.00. The van der Waals surface area contributed by atoms with E-state index in [2.05, 4.69) is 5.32 Å². The Bertz CT molecular complexity index is 1100. The molecule has 0 unspecified atom stereocenters. The number of hydrogen-bond acceptors (Lipinski definition) is 3. The molecule has 178 valence electrons. The highest BCUT2D eigenvalue weighted by Gasteiger charge is 2.31. The third kappa shape index (κ3) is 7.09. The average molecular weight is 479 g/mol. The Morgan fingerprint density at radius 2 is 1.59 bits per heavy atom. The van der Waals surface area contributed by atoms with Gasteiger partial charge < -0.3 is 15.0 Å². The fraction of sp³-hybridized carbons (Fsp3) is 0.286. The molecule has 3 rings (SSSR count). The number of hydrogen-bond donors (Lipinski definition) is 1. The van der Waals surface area contributed by atoms with Crippen molar-refractivity contribution < 1.29 is 14.3 Å². The first kappa shape index (κ1) is 25.3. The first-order chi connectivity index (χ1) is 16.3. The van der Waals surface area contributed by atoms with Crippen LogP contribution in [0.2, 0.25) is 5.02 Å². The van der Waals surface area contributed by atoms with Crippen LogP contribution >= 0.6 is 11.6 Å². The van der Waals surface area contributed by atoms with Crippen LogP contribution < -0.4 is 10.1 Å². The molecule has 0 spiro atoms. The van der Waals surface area contributed by atoms with Crippen LogP contribution in [-0.2, 0) is 22.6 Å². The van der Waals surface area contributed by atoms with Gasteiger partial charge in [-0.15, -0.1) is 0 Å². The van der Waals surface area contributed by atoms with E-state index < -0.39 is 6.04 Å². The van der Waals surface area contributed by atoms with Crippen molar-refractivity contribution >= 4 is 23.4 Å². The van der Waals surface area contributed by atoms with Gasteiger partial charge in [-0.1, -0.05) is 78.3 Å². The number of aryl methyl sites for hydroxylation is 1. The van der Waals surface area contributed by atoms with Crippen molar-refractivity contribution in [3.8, 4) is 5.75 Å². The summed E-state index contributed by atoms with van der Waals surface area (Å²) in [7, 11) is 0. The number of nitrogens with zero attached hydrogens (tertiary/aromatic N) is 1. The zero-order valence-corrected chi connectivity index (χ0v) is 20.6. The number of amides is 2. The van der Waals surface area contributed by atoms with Crippen molar-refractivity contribution in [2.75, 3.05) is 6.61 Å². The zero-order valence-electron chi connectivity index (χ0n) is 19.8. The maximum atomic E-state index is 13.5. The van der Waals surface area contributed by atoms with Gasteiger partial charge in [0.25, 0.3) is 5.91 Å². The van der Waals surface area contributed by atoms with Crippen molar-refractivity contribution in [1.82, 2.24) is 10.2 Å². The molecular formula is C28H31ClN2O3. The minimum atomic E-state index is -0.702. The molecule has 2 amide bonds. The maximum absolute atomic E-state index is 13.5. The number of nitrogens with one attached hydrogen (secondary N) is 1. The molecule has 34 heavy (non-hydrogen) atoms. The highest BCUT2D eigenvalue weighted by Crippen LogP contribution is 2.24. The molecule has 0 bridgehead atoms. The Balaban J connectivity index is 1.93. The molecule has 0 aromatic heterocycles. The average Bonchev–Trinajstić information content (AvgIpc) is 2.82. The summed E-state index contributed by atoms with van der Waals surface area (Å²) in [4.78, 5) is 28.5. The van der Waals surface area contributed by atoms with E-state index in [1.54, 1.807) is 29.2 Å². The Kier molecular flexibility index (Phi) is 9.11. The lowest BCUT2D eigenvalue weighted by Gasteiger charge is -2.32. The van der Waals surface area contributed by atoms with Gasteiger partial charge in [-0.3, -0.25) is 9.59 Å². The Morgan fingerprint density at radius 1 is 0.941 bits per heavy atom. The van der Waals surface area contributed by atoms with Crippen LogP contribution in [0.4, 0.5) is 0 Å². The Hall–Kier alpha value is -3.31. The van der Waals surface area contributed by atoms with Crippen LogP contribution in [0.25, 0.3) is 0 Å². The molecule has 0 fully saturated rings. The van der Waals surface area contributed by atoms with E-state index in [0.717, 1.165) is 16.7 Å². The molecule has 1 atom stereocenters. The van der Waals surface area contributed by atoms with Gasteiger partial charge in [0.15, 0.2) is 6.61 Å². The molecular weight excluding hydrogens is 448 g/mol. The second kappa shape index (κ2) is 12.2. The SMILES string of the molecule is Cc1ccccc1CN(C(=O)COc1ccccc1Cl)[C@H](Cc1ccccc1)C(=O)NC(C)C. The molecule has 3 aromatic rings. The smallest absolute Gasteiger partial charge is 0.261 e. The fourth-order valence-electron chi connectivity index (χ4n) is 3.69. The van der Waals surface area contributed by atoms with Crippen molar-refractivity contribution in [3.05, 3.63) is 101 Å². The molecule has 0 aliphatic carbocycles. The van der Waals surface area contributed by atoms with Gasteiger partial charge in [0.2, 0.25) is 5.91 Å². The maximum Gasteiger partial charge on any atom is 0.261 e. The van der Waals surface area contributed by atoms with Crippen molar-refractivity contribution in [3.63, 3.8) is 0 Å². The van der Waals surface area contributed by atoms with E-state index >= 15 is 0 Å². The van der Waals surface area contributed by atoms with Gasteiger partial charge in [0.05, 0.1) is 5.02 Å². The predicted molar refractivity (Wildman–Crippen MR) is 136 cm³/mol. The molecule has 3 aromatic carbocycles. The second-order valence-corrected chi connectivity index (χ2v) is 8.94. The summed E-state index contributed by atoms with van der Waals surface area (Å²) < 4.78 is 5.75. The Labute approximate surface area is 206 Å². The molecule has 0 radical (unpaired) electrons. The first-order valence-electron chi connectivity index (χ1n) is 11.4. The molecule has 6 heteroatoms. The van der Waals surface area contributed by atoms with Crippen LogP contribution in [0.3, 0.4) is 0 Å². The minimum Gasteiger partial charge on any atom is -0.482 e. The lowest BCUT2D eigenvalue weighted by Crippen LogP contribution is -2.52. The lowest BCUT2D eigenvalue weighted by molar-refractivity contribution is -0.143. The third-order valence-electron chi connectivity index (χ3n) is 5.49. The normalized spacial score (nSPS) is 11.7. The van der Waals surface area contributed by atoms with Gasteiger partial charge in [-0.25, -0.2) is 0 Å². The first-order valence-corrected chi connectivity index (χ1v) is 11.8. The lowest BCUT2D eigenvalue weighted by atomic mass is 10.0. The summed E-state index contributed by atoms with van der Waals surface area (Å²) in [5, 5.41) is 3.42. The molecule has 1 N–H and O–H groups in total. The summed E-state index contributed by atoms with van der Waals surface area (Å²) >= 11 is 6.20. The summed E-state index contributed by atoms with van der Waals surface area (Å²) in [6.07, 6.45) is 0.392. The summed E-state index contributed by atoms with van der Waals surface area (Å²) in [5.74, 6) is -0.0545. The van der Waals surface area contributed by atoms with Crippen molar-refractivity contribution in [2.24, 2.45) is 0 Å². The van der Waals surface area contributed by atoms with E-state index in [1.165, 1.54) is 0 Å². The van der Waals surface area contributed by atoms with Crippen LogP contribution in [0.1, 0.15) is 30.5 Å². The van der Waals surface area contributed by atoms with Gasteiger partial charge in [-0.2, -0.15) is 0 Å². The van der Waals surface area contributed by atoms with E-state index in [9.17, 15) is 9.59 Å². The van der Waals surface area contributed by atoms with Crippen LogP contribution in [0.5, 0.6) is 5.75 Å². The van der Waals surface area contributed by atoms with Crippen LogP contribution in [-0.4, -0.2) is 35.4 Å². The third-order valence-corrected chi connectivity index (χ3v) is 5.80. The minimum absolute atomic E-state index is 0.0550. The second-order valence-electron chi connectivity index (χ2n) is 8.54. The van der Waals surface area contributed by atoms with E-state index in [-0.39, 0.29) is 24.5 Å². The van der Waals surface area contributed by atoms with Gasteiger partial charge in [-0.05, 0) is 49.6 Å². The van der Waals surface area contributed by atoms with Crippen LogP contribution in [0, 0.1) is 6.92 Å². The molecule has 0 aliphatic rings. The number of benzene rings is 3. The fourth-order valence-corrected chi connectivity index (χ4v) is 3.88. The molecule has 0 heterocycles. The van der Waals surface area contributed by atoms with Gasteiger partial charge in [0.1, 0.15) is 11.8 Å². The van der Waals surface area contributed by atoms with E-state index in [4.69, 9.17) is 16.3 Å². The molecule has 0 saturated heterocycles. The summed E-state index contributed by atoms with van der Waals surface area (Å²) in [6, 6.07) is 23.9. The topological polar surface area (TPSA) is 58.6 Å². The van der Waals surface area contributed by atoms with Crippen LogP contribution in [0.15, 0.2) is 78.9 Å². The zero-order chi connectivity index (χ0) is 24.5. The largest absolute Gasteiger partial charge is 0.482 e. The molecule has 0 saturated carbocycles. The number of rotatable bonds is 10. The predicted octanol–water partition coefficient (Wildman–Crippen LogP) is 5.19. The number of carbonyl (C=O) groups excluding carboxylic acids is 2. The number of halogens is 1. The van der Waals surface area contributed by atoms with Crippen molar-refractivity contribution in [1.29, 1.82) is 0 Å². The standard InChI is InChI=1S/C28H31ClN2O3/c1-20(2)30-28(33)25(17-22-12-5-4-6-13-22)31(18-23-14-8-7-11-21(23)3)27(32)19-34-26-16-10-9-15-24(26)29/h4-16,20,25H,17-19H2,1-3H3,(H,30,33)/t25-/m1/s1. The molecule has 0 aliphatic heterocycles. The van der Waals surface area contributed by atoms with Gasteiger partial charge >= 0.3 is 0 Å². The Morgan fingerprint density at radius 3 is 2.26 bits per heavy atom. The van der Waals surface area contributed by atoms with E-state index in [1.807, 2.05) is 75.4 Å². The number of ether oxygens (including phenoxy) is 1. The monoisotopic (exact) mass is 478 g/mol. The number of carbonyl (C=O) groups is 2. The quantitative estimate of drug-likeness (QED) is 0.436. The number of para-hydroxylation sites is 1. The summed E-state index contributed by atoms with van der Waals surface area (Å²) in [6.45, 7) is 5.88. The molecule has 5 nitrogen and oxygen atoms in total. The highest BCUT2D eigenvalue weighted by molar-refractivity contribution is 6.32. The van der Waals surface area contributed by atoms with Crippen molar-refractivity contribution in [2.45, 2.75) is 45.8 Å².